The SMILES string of the molecule is Cn1cc(CN2CCOC3C[C@H](CO)C[C@@H]32)cn1. The molecule has 18 heavy (non-hydrogen) atoms. The van der Waals surface area contributed by atoms with Gasteiger partial charge in [-0.05, 0) is 18.8 Å². The summed E-state index contributed by atoms with van der Waals surface area (Å²) in [7, 11) is 1.95. The van der Waals surface area contributed by atoms with E-state index in [0.717, 1.165) is 32.5 Å². The lowest BCUT2D eigenvalue weighted by Crippen LogP contribution is -2.47. The fraction of sp³-hybridized carbons (Fsp3) is 0.769. The normalized spacial score (nSPS) is 32.7. The Morgan fingerprint density at radius 1 is 1.50 bits per heavy atom. The number of hydrogen-bond acceptors (Lipinski definition) is 4. The van der Waals surface area contributed by atoms with Gasteiger partial charge in [-0.25, -0.2) is 0 Å². The summed E-state index contributed by atoms with van der Waals surface area (Å²) in [6.45, 7) is 3.02. The van der Waals surface area contributed by atoms with Gasteiger partial charge in [0.25, 0.3) is 0 Å². The Balaban J connectivity index is 1.68. The van der Waals surface area contributed by atoms with Crippen molar-refractivity contribution >= 4 is 0 Å². The van der Waals surface area contributed by atoms with Crippen LogP contribution in [0.5, 0.6) is 0 Å². The number of rotatable bonds is 3. The van der Waals surface area contributed by atoms with Crippen LogP contribution in [-0.4, -0.2) is 51.7 Å². The van der Waals surface area contributed by atoms with Crippen molar-refractivity contribution in [2.24, 2.45) is 13.0 Å². The van der Waals surface area contributed by atoms with Crippen LogP contribution < -0.4 is 0 Å². The number of fused-ring (bicyclic) bond motifs is 1. The van der Waals surface area contributed by atoms with Gasteiger partial charge in [0.05, 0.1) is 18.9 Å². The topological polar surface area (TPSA) is 50.5 Å². The predicted molar refractivity (Wildman–Crippen MR) is 67.0 cm³/mol. The first kappa shape index (κ1) is 12.1. The van der Waals surface area contributed by atoms with Gasteiger partial charge in [-0.1, -0.05) is 0 Å². The van der Waals surface area contributed by atoms with E-state index >= 15 is 0 Å². The van der Waals surface area contributed by atoms with Gasteiger partial charge in [-0.3, -0.25) is 9.58 Å². The highest BCUT2D eigenvalue weighted by Crippen LogP contribution is 2.34. The summed E-state index contributed by atoms with van der Waals surface area (Å²) in [5.74, 6) is 0.412. The Morgan fingerprint density at radius 2 is 2.39 bits per heavy atom. The van der Waals surface area contributed by atoms with Crippen LogP contribution in [0.3, 0.4) is 0 Å². The van der Waals surface area contributed by atoms with E-state index in [4.69, 9.17) is 4.74 Å². The molecule has 1 saturated heterocycles. The van der Waals surface area contributed by atoms with E-state index in [2.05, 4.69) is 16.2 Å². The summed E-state index contributed by atoms with van der Waals surface area (Å²) in [6, 6.07) is 0.469. The quantitative estimate of drug-likeness (QED) is 0.844. The second kappa shape index (κ2) is 4.99. The standard InChI is InChI=1S/C13H21N3O2/c1-15-7-11(6-14-15)8-16-2-3-18-13-5-10(9-17)4-12(13)16/h6-7,10,12-13,17H,2-5,8-9H2,1H3/t10-,12+,13?/m1/s1. The highest BCUT2D eigenvalue weighted by atomic mass is 16.5. The molecule has 2 aliphatic rings. The van der Waals surface area contributed by atoms with Crippen LogP contribution in [0.25, 0.3) is 0 Å². The zero-order valence-corrected chi connectivity index (χ0v) is 10.8. The third kappa shape index (κ3) is 2.30. The molecule has 5 heteroatoms. The van der Waals surface area contributed by atoms with Gasteiger partial charge in [-0.15, -0.1) is 0 Å². The first-order valence-corrected chi connectivity index (χ1v) is 6.70. The maximum Gasteiger partial charge on any atom is 0.0734 e. The van der Waals surface area contributed by atoms with Crippen molar-refractivity contribution in [1.82, 2.24) is 14.7 Å². The van der Waals surface area contributed by atoms with E-state index in [1.807, 2.05) is 17.9 Å². The molecule has 3 atom stereocenters. The highest BCUT2D eigenvalue weighted by Gasteiger charge is 2.40. The molecule has 0 bridgehead atoms. The highest BCUT2D eigenvalue weighted by molar-refractivity contribution is 5.05. The summed E-state index contributed by atoms with van der Waals surface area (Å²) in [4.78, 5) is 2.49. The number of morpholine rings is 1. The summed E-state index contributed by atoms with van der Waals surface area (Å²) in [5, 5.41) is 13.5. The van der Waals surface area contributed by atoms with Crippen LogP contribution in [0.2, 0.25) is 0 Å². The lowest BCUT2D eigenvalue weighted by atomic mass is 10.1. The molecule has 0 aromatic carbocycles. The number of aliphatic hydroxyl groups excluding tert-OH is 1. The Morgan fingerprint density at radius 3 is 3.11 bits per heavy atom. The molecule has 1 aromatic heterocycles. The number of hydrogen-bond donors (Lipinski definition) is 1. The van der Waals surface area contributed by atoms with Crippen molar-refractivity contribution in [2.45, 2.75) is 31.5 Å². The Labute approximate surface area is 107 Å². The molecule has 0 radical (unpaired) electrons. The van der Waals surface area contributed by atoms with Gasteiger partial charge >= 0.3 is 0 Å². The number of ether oxygens (including phenoxy) is 1. The lowest BCUT2D eigenvalue weighted by Gasteiger charge is -2.37. The number of nitrogens with zero attached hydrogens (tertiary/aromatic N) is 3. The molecule has 100 valence electrons. The van der Waals surface area contributed by atoms with Crippen LogP contribution in [0.1, 0.15) is 18.4 Å². The minimum atomic E-state index is 0.289. The number of aryl methyl sites for hydroxylation is 1. The molecular formula is C13H21N3O2. The average molecular weight is 251 g/mol. The smallest absolute Gasteiger partial charge is 0.0734 e. The van der Waals surface area contributed by atoms with Gasteiger partial charge < -0.3 is 9.84 Å². The molecule has 1 unspecified atom stereocenters. The van der Waals surface area contributed by atoms with Crippen molar-refractivity contribution in [3.8, 4) is 0 Å². The first-order valence-electron chi connectivity index (χ1n) is 6.70. The Bertz CT molecular complexity index is 407. The summed E-state index contributed by atoms with van der Waals surface area (Å²) < 4.78 is 7.68. The molecule has 0 spiro atoms. The molecule has 2 fully saturated rings. The fourth-order valence-electron chi connectivity index (χ4n) is 3.26. The molecule has 0 amide bonds. The van der Waals surface area contributed by atoms with E-state index < -0.39 is 0 Å². The molecule has 1 saturated carbocycles. The summed E-state index contributed by atoms with van der Waals surface area (Å²) >= 11 is 0. The maximum absolute atomic E-state index is 9.30. The minimum absolute atomic E-state index is 0.289. The Kier molecular flexibility index (Phi) is 3.37. The number of aliphatic hydroxyl groups is 1. The van der Waals surface area contributed by atoms with E-state index in [-0.39, 0.29) is 6.61 Å². The second-order valence-corrected chi connectivity index (χ2v) is 5.49. The minimum Gasteiger partial charge on any atom is -0.396 e. The molecule has 3 rings (SSSR count). The van der Waals surface area contributed by atoms with Crippen LogP contribution >= 0.6 is 0 Å². The molecular weight excluding hydrogens is 230 g/mol. The first-order chi connectivity index (χ1) is 8.76. The Hall–Kier alpha value is -0.910. The van der Waals surface area contributed by atoms with E-state index in [1.165, 1.54) is 5.56 Å². The average Bonchev–Trinajstić information content (AvgIpc) is 2.96. The van der Waals surface area contributed by atoms with Crippen LogP contribution in [0.15, 0.2) is 12.4 Å². The van der Waals surface area contributed by atoms with Crippen molar-refractivity contribution in [1.29, 1.82) is 0 Å². The fourth-order valence-corrected chi connectivity index (χ4v) is 3.26. The van der Waals surface area contributed by atoms with Crippen LogP contribution in [-0.2, 0) is 18.3 Å². The van der Waals surface area contributed by atoms with Gasteiger partial charge in [0.1, 0.15) is 0 Å². The third-order valence-corrected chi connectivity index (χ3v) is 4.15. The molecule has 2 heterocycles. The third-order valence-electron chi connectivity index (χ3n) is 4.15. The van der Waals surface area contributed by atoms with Gasteiger partial charge in [0, 0.05) is 44.5 Å². The van der Waals surface area contributed by atoms with Crippen molar-refractivity contribution < 1.29 is 9.84 Å². The monoisotopic (exact) mass is 251 g/mol. The largest absolute Gasteiger partial charge is 0.396 e. The van der Waals surface area contributed by atoms with E-state index in [9.17, 15) is 5.11 Å². The van der Waals surface area contributed by atoms with Crippen LogP contribution in [0.4, 0.5) is 0 Å². The molecule has 1 aliphatic heterocycles. The van der Waals surface area contributed by atoms with Crippen molar-refractivity contribution in [3.05, 3.63) is 18.0 Å². The van der Waals surface area contributed by atoms with E-state index in [1.54, 1.807) is 0 Å². The molecule has 1 aliphatic carbocycles. The predicted octanol–water partition coefficient (Wildman–Crippen LogP) is 0.392. The zero-order valence-electron chi connectivity index (χ0n) is 10.8. The van der Waals surface area contributed by atoms with Gasteiger partial charge in [-0.2, -0.15) is 5.10 Å². The van der Waals surface area contributed by atoms with Gasteiger partial charge in [0.15, 0.2) is 0 Å². The number of aromatic nitrogens is 2. The summed E-state index contributed by atoms with van der Waals surface area (Å²) in [5.41, 5.74) is 1.26. The zero-order chi connectivity index (χ0) is 12.5. The van der Waals surface area contributed by atoms with Crippen LogP contribution in [0, 0.1) is 5.92 Å². The molecule has 5 nitrogen and oxygen atoms in total. The van der Waals surface area contributed by atoms with E-state index in [0.29, 0.717) is 18.1 Å². The van der Waals surface area contributed by atoms with Crippen molar-refractivity contribution in [3.63, 3.8) is 0 Å². The lowest BCUT2D eigenvalue weighted by molar-refractivity contribution is -0.0590. The van der Waals surface area contributed by atoms with Gasteiger partial charge in [0.2, 0.25) is 0 Å². The maximum atomic E-state index is 9.30. The molecule has 1 N–H and O–H groups in total. The second-order valence-electron chi connectivity index (χ2n) is 5.49. The molecule has 1 aromatic rings. The van der Waals surface area contributed by atoms with Crippen molar-refractivity contribution in [2.75, 3.05) is 19.8 Å². The summed E-state index contributed by atoms with van der Waals surface area (Å²) in [6.07, 6.45) is 6.38.